The van der Waals surface area contributed by atoms with E-state index in [1.165, 1.54) is 22.5 Å². The quantitative estimate of drug-likeness (QED) is 0.874. The minimum atomic E-state index is -3.59. The molecule has 22 heavy (non-hydrogen) atoms. The number of hydrogen-bond acceptors (Lipinski definition) is 4. The summed E-state index contributed by atoms with van der Waals surface area (Å²) >= 11 is 6.05. The molecule has 0 aromatic heterocycles. The number of sulfonamides is 1. The zero-order valence-corrected chi connectivity index (χ0v) is 14.3. The van der Waals surface area contributed by atoms with E-state index in [1.54, 1.807) is 0 Å². The zero-order chi connectivity index (χ0) is 15.1. The van der Waals surface area contributed by atoms with Crippen LogP contribution < -0.4 is 5.32 Å². The average molecular weight is 362 g/mol. The first-order valence-corrected chi connectivity index (χ1v) is 8.69. The summed E-state index contributed by atoms with van der Waals surface area (Å²) in [7, 11) is -3.59. The van der Waals surface area contributed by atoms with Crippen LogP contribution in [0.4, 0.5) is 0 Å². The van der Waals surface area contributed by atoms with Crippen LogP contribution in [0, 0.1) is 16.7 Å². The lowest BCUT2D eigenvalue weighted by molar-refractivity contribution is 0.338. The molecule has 0 radical (unpaired) electrons. The maximum atomic E-state index is 12.7. The van der Waals surface area contributed by atoms with Gasteiger partial charge in [-0.2, -0.15) is 9.57 Å². The van der Waals surface area contributed by atoms with Crippen molar-refractivity contribution in [2.24, 2.45) is 5.41 Å². The molecule has 8 heteroatoms. The van der Waals surface area contributed by atoms with Crippen LogP contribution in [0.2, 0.25) is 5.02 Å². The highest BCUT2D eigenvalue weighted by atomic mass is 35.5. The summed E-state index contributed by atoms with van der Waals surface area (Å²) in [5.41, 5.74) is 0.434. The van der Waals surface area contributed by atoms with E-state index in [2.05, 4.69) is 5.32 Å². The van der Waals surface area contributed by atoms with Gasteiger partial charge in [0, 0.05) is 19.6 Å². The summed E-state index contributed by atoms with van der Waals surface area (Å²) in [6.45, 7) is 2.89. The highest BCUT2D eigenvalue weighted by Crippen LogP contribution is 2.39. The van der Waals surface area contributed by atoms with Gasteiger partial charge < -0.3 is 5.32 Å². The van der Waals surface area contributed by atoms with Crippen LogP contribution in [-0.4, -0.2) is 38.9 Å². The first-order valence-electron chi connectivity index (χ1n) is 6.87. The van der Waals surface area contributed by atoms with E-state index in [0.717, 1.165) is 25.9 Å². The first-order chi connectivity index (χ1) is 9.97. The van der Waals surface area contributed by atoms with E-state index in [9.17, 15) is 8.42 Å². The van der Waals surface area contributed by atoms with Gasteiger partial charge in [-0.1, -0.05) is 11.6 Å². The predicted octanol–water partition coefficient (Wildman–Crippen LogP) is 2.01. The van der Waals surface area contributed by atoms with Crippen LogP contribution in [0.1, 0.15) is 18.4 Å². The van der Waals surface area contributed by atoms with Crippen molar-refractivity contribution in [3.63, 3.8) is 0 Å². The number of hydrogen-bond donors (Lipinski definition) is 1. The van der Waals surface area contributed by atoms with Crippen LogP contribution in [0.5, 0.6) is 0 Å². The third kappa shape index (κ3) is 2.97. The van der Waals surface area contributed by atoms with Crippen LogP contribution in [-0.2, 0) is 10.0 Å². The van der Waals surface area contributed by atoms with Gasteiger partial charge in [-0.15, -0.1) is 12.4 Å². The Morgan fingerprint density at radius 2 is 2.14 bits per heavy atom. The molecule has 0 aliphatic carbocycles. The summed E-state index contributed by atoms with van der Waals surface area (Å²) in [4.78, 5) is 0.0890. The number of nitrogens with one attached hydrogen (secondary N) is 1. The first kappa shape index (κ1) is 17.5. The van der Waals surface area contributed by atoms with Crippen molar-refractivity contribution in [2.45, 2.75) is 17.7 Å². The van der Waals surface area contributed by atoms with Gasteiger partial charge in [-0.05, 0) is 43.0 Å². The summed E-state index contributed by atoms with van der Waals surface area (Å²) in [5, 5.41) is 12.3. The maximum Gasteiger partial charge on any atom is 0.244 e. The van der Waals surface area contributed by atoms with Gasteiger partial charge >= 0.3 is 0 Å². The molecular weight excluding hydrogens is 345 g/mol. The van der Waals surface area contributed by atoms with E-state index in [4.69, 9.17) is 16.9 Å². The molecule has 1 spiro atoms. The SMILES string of the molecule is Cl.N#Cc1ccc(S(=O)(=O)N2CCC3(CCNC3)C2)c(Cl)c1. The Balaban J connectivity index is 0.00000176. The van der Waals surface area contributed by atoms with Crippen molar-refractivity contribution in [3.05, 3.63) is 28.8 Å². The lowest BCUT2D eigenvalue weighted by Gasteiger charge is -2.22. The molecule has 120 valence electrons. The normalized spacial score (nSPS) is 25.1. The lowest BCUT2D eigenvalue weighted by Crippen LogP contribution is -2.33. The maximum absolute atomic E-state index is 12.7. The van der Waals surface area contributed by atoms with Gasteiger partial charge in [0.1, 0.15) is 4.90 Å². The van der Waals surface area contributed by atoms with Gasteiger partial charge in [0.15, 0.2) is 0 Å². The summed E-state index contributed by atoms with van der Waals surface area (Å²) in [6, 6.07) is 6.27. The molecule has 0 bridgehead atoms. The Morgan fingerprint density at radius 1 is 1.36 bits per heavy atom. The fourth-order valence-corrected chi connectivity index (χ4v) is 5.23. The lowest BCUT2D eigenvalue weighted by atomic mass is 9.87. The Labute approximate surface area is 141 Å². The fourth-order valence-electron chi connectivity index (χ4n) is 3.16. The molecule has 1 aromatic carbocycles. The molecule has 0 saturated carbocycles. The largest absolute Gasteiger partial charge is 0.316 e. The van der Waals surface area contributed by atoms with Gasteiger partial charge in [0.2, 0.25) is 10.0 Å². The standard InChI is InChI=1S/C14H16ClN3O2S.ClH/c15-12-7-11(8-16)1-2-13(12)21(19,20)18-6-4-14(10-18)3-5-17-9-14;/h1-2,7,17H,3-6,9-10H2;1H. The van der Waals surface area contributed by atoms with Gasteiger partial charge in [-0.3, -0.25) is 0 Å². The van der Waals surface area contributed by atoms with Crippen molar-refractivity contribution < 1.29 is 8.42 Å². The number of nitrogens with zero attached hydrogens (tertiary/aromatic N) is 2. The molecular formula is C14H17Cl2N3O2S. The van der Waals surface area contributed by atoms with Gasteiger partial charge in [0.05, 0.1) is 16.7 Å². The molecule has 1 atom stereocenters. The number of nitriles is 1. The zero-order valence-electron chi connectivity index (χ0n) is 11.9. The molecule has 0 amide bonds. The Kier molecular flexibility index (Phi) is 5.05. The van der Waals surface area contributed by atoms with Crippen molar-refractivity contribution in [1.29, 1.82) is 5.26 Å². The van der Waals surface area contributed by atoms with E-state index in [0.29, 0.717) is 18.7 Å². The van der Waals surface area contributed by atoms with Gasteiger partial charge in [-0.25, -0.2) is 8.42 Å². The third-order valence-corrected chi connectivity index (χ3v) is 6.74. The summed E-state index contributed by atoms with van der Waals surface area (Å²) < 4.78 is 27.0. The Morgan fingerprint density at radius 3 is 2.73 bits per heavy atom. The topological polar surface area (TPSA) is 73.2 Å². The monoisotopic (exact) mass is 361 g/mol. The third-order valence-electron chi connectivity index (χ3n) is 4.41. The molecule has 2 saturated heterocycles. The van der Waals surface area contributed by atoms with E-state index < -0.39 is 10.0 Å². The average Bonchev–Trinajstić information content (AvgIpc) is 3.09. The minimum Gasteiger partial charge on any atom is -0.316 e. The molecule has 1 unspecified atom stereocenters. The predicted molar refractivity (Wildman–Crippen MR) is 86.7 cm³/mol. The fraction of sp³-hybridized carbons (Fsp3) is 0.500. The molecule has 2 fully saturated rings. The van der Waals surface area contributed by atoms with Crippen molar-refractivity contribution in [2.75, 3.05) is 26.2 Å². The molecule has 2 aliphatic heterocycles. The number of rotatable bonds is 2. The van der Waals surface area contributed by atoms with E-state index in [1.807, 2.05) is 6.07 Å². The number of halogens is 2. The van der Waals surface area contributed by atoms with Crippen LogP contribution in [0.3, 0.4) is 0 Å². The van der Waals surface area contributed by atoms with Crippen LogP contribution >= 0.6 is 24.0 Å². The highest BCUT2D eigenvalue weighted by molar-refractivity contribution is 7.89. The second-order valence-corrected chi connectivity index (χ2v) is 8.09. The van der Waals surface area contributed by atoms with Crippen LogP contribution in [0.15, 0.2) is 23.1 Å². The molecule has 1 N–H and O–H groups in total. The Hall–Kier alpha value is -0.840. The van der Waals surface area contributed by atoms with Crippen molar-refractivity contribution in [3.8, 4) is 6.07 Å². The number of benzene rings is 1. The molecule has 5 nitrogen and oxygen atoms in total. The summed E-state index contributed by atoms with van der Waals surface area (Å²) in [5.74, 6) is 0. The second-order valence-electron chi connectivity index (χ2n) is 5.77. The Bertz CT molecular complexity index is 709. The summed E-state index contributed by atoms with van der Waals surface area (Å²) in [6.07, 6.45) is 1.90. The van der Waals surface area contributed by atoms with Crippen molar-refractivity contribution in [1.82, 2.24) is 9.62 Å². The highest BCUT2D eigenvalue weighted by Gasteiger charge is 2.44. The van der Waals surface area contributed by atoms with E-state index >= 15 is 0 Å². The van der Waals surface area contributed by atoms with Crippen molar-refractivity contribution >= 4 is 34.0 Å². The smallest absolute Gasteiger partial charge is 0.244 e. The second kappa shape index (κ2) is 6.34. The van der Waals surface area contributed by atoms with Gasteiger partial charge in [0.25, 0.3) is 0 Å². The van der Waals surface area contributed by atoms with E-state index in [-0.39, 0.29) is 27.7 Å². The molecule has 2 aliphatic rings. The minimum absolute atomic E-state index is 0. The molecule has 1 aromatic rings. The molecule has 3 rings (SSSR count). The molecule has 2 heterocycles. The van der Waals surface area contributed by atoms with Crippen LogP contribution in [0.25, 0.3) is 0 Å².